The lowest BCUT2D eigenvalue weighted by Crippen LogP contribution is -2.43. The van der Waals surface area contributed by atoms with E-state index < -0.39 is 0 Å². The van der Waals surface area contributed by atoms with Gasteiger partial charge in [-0.25, -0.2) is 4.98 Å². The van der Waals surface area contributed by atoms with Gasteiger partial charge in [-0.2, -0.15) is 0 Å². The number of thioether (sulfide) groups is 1. The fourth-order valence-corrected chi connectivity index (χ4v) is 3.80. The van der Waals surface area contributed by atoms with Gasteiger partial charge >= 0.3 is 0 Å². The summed E-state index contributed by atoms with van der Waals surface area (Å²) < 4.78 is 2.21. The van der Waals surface area contributed by atoms with Gasteiger partial charge in [-0.15, -0.1) is 11.8 Å². The lowest BCUT2D eigenvalue weighted by molar-refractivity contribution is -0.123. The Bertz CT molecular complexity index is 676. The summed E-state index contributed by atoms with van der Waals surface area (Å²) in [4.78, 5) is 17.0. The van der Waals surface area contributed by atoms with Gasteiger partial charge in [-0.1, -0.05) is 12.1 Å². The van der Waals surface area contributed by atoms with E-state index in [1.54, 1.807) is 11.8 Å². The number of nitrogens with zero attached hydrogens (tertiary/aromatic N) is 2. The first-order valence-electron chi connectivity index (χ1n) is 7.66. The Balaban J connectivity index is 1.88. The molecule has 2 aromatic rings. The molecule has 2 atom stereocenters. The highest BCUT2D eigenvalue weighted by Gasteiger charge is 2.26. The average Bonchev–Trinajstić information content (AvgIpc) is 3.14. The number of hydrogen-bond acceptors (Lipinski definition) is 4. The van der Waals surface area contributed by atoms with Gasteiger partial charge in [-0.05, 0) is 32.9 Å². The van der Waals surface area contributed by atoms with Crippen molar-refractivity contribution in [2.45, 2.75) is 38.9 Å². The Morgan fingerprint density at radius 1 is 1.41 bits per heavy atom. The number of carbonyl (C=O) groups excluding carboxylic acids is 1. The van der Waals surface area contributed by atoms with Gasteiger partial charge in [0, 0.05) is 17.7 Å². The standard InChI is InChI=1S/C16H22N4OS/c1-10(2)20-14-7-5-4-6-12(14)19-15(20)11(3)18-16(21)13-8-22-9-17-13/h4-7,10-11,13,17H,8-9H2,1-3H3,(H,18,21). The first-order chi connectivity index (χ1) is 10.6. The lowest BCUT2D eigenvalue weighted by atomic mass is 10.2. The van der Waals surface area contributed by atoms with E-state index in [-0.39, 0.29) is 18.0 Å². The van der Waals surface area contributed by atoms with Crippen molar-refractivity contribution >= 4 is 28.7 Å². The fraction of sp³-hybridized carbons (Fsp3) is 0.500. The van der Waals surface area contributed by atoms with Gasteiger partial charge in [0.15, 0.2) is 0 Å². The Hall–Kier alpha value is -1.53. The first-order valence-corrected chi connectivity index (χ1v) is 8.81. The molecule has 1 saturated heterocycles. The number of hydrogen-bond donors (Lipinski definition) is 2. The predicted molar refractivity (Wildman–Crippen MR) is 90.9 cm³/mol. The zero-order valence-corrected chi connectivity index (χ0v) is 14.0. The Morgan fingerprint density at radius 3 is 2.86 bits per heavy atom. The molecule has 1 aromatic heterocycles. The van der Waals surface area contributed by atoms with Crippen LogP contribution in [0.1, 0.15) is 38.7 Å². The molecule has 1 amide bonds. The van der Waals surface area contributed by atoms with Crippen molar-refractivity contribution in [1.82, 2.24) is 20.2 Å². The van der Waals surface area contributed by atoms with E-state index in [1.165, 1.54) is 0 Å². The van der Waals surface area contributed by atoms with Crippen molar-refractivity contribution in [2.75, 3.05) is 11.6 Å². The van der Waals surface area contributed by atoms with Crippen LogP contribution >= 0.6 is 11.8 Å². The molecule has 6 heteroatoms. The van der Waals surface area contributed by atoms with Crippen LogP contribution in [-0.4, -0.2) is 33.1 Å². The highest BCUT2D eigenvalue weighted by molar-refractivity contribution is 7.99. The van der Waals surface area contributed by atoms with Gasteiger partial charge in [0.05, 0.1) is 23.1 Å². The van der Waals surface area contributed by atoms with Gasteiger partial charge in [0.2, 0.25) is 5.91 Å². The van der Waals surface area contributed by atoms with Crippen LogP contribution in [0.25, 0.3) is 11.0 Å². The van der Waals surface area contributed by atoms with E-state index in [4.69, 9.17) is 4.98 Å². The lowest BCUT2D eigenvalue weighted by Gasteiger charge is -2.20. The second kappa shape index (κ2) is 6.30. The topological polar surface area (TPSA) is 59.0 Å². The zero-order chi connectivity index (χ0) is 15.7. The van der Waals surface area contributed by atoms with E-state index in [0.717, 1.165) is 28.5 Å². The molecule has 0 bridgehead atoms. The summed E-state index contributed by atoms with van der Waals surface area (Å²) in [5, 5.41) is 6.30. The molecule has 1 fully saturated rings. The van der Waals surface area contributed by atoms with Crippen LogP contribution in [0.3, 0.4) is 0 Å². The molecule has 2 unspecified atom stereocenters. The number of nitrogens with one attached hydrogen (secondary N) is 2. The Kier molecular flexibility index (Phi) is 4.40. The third-order valence-corrected chi connectivity index (χ3v) is 4.86. The number of benzene rings is 1. The van der Waals surface area contributed by atoms with Crippen molar-refractivity contribution in [3.8, 4) is 0 Å². The van der Waals surface area contributed by atoms with Gasteiger partial charge in [0.1, 0.15) is 5.82 Å². The molecule has 0 aliphatic carbocycles. The minimum atomic E-state index is -0.116. The number of aromatic nitrogens is 2. The molecule has 2 N–H and O–H groups in total. The minimum absolute atomic E-state index is 0.0554. The van der Waals surface area contributed by atoms with Crippen LogP contribution in [0.2, 0.25) is 0 Å². The first kappa shape index (κ1) is 15.4. The maximum absolute atomic E-state index is 12.3. The van der Waals surface area contributed by atoms with Crippen molar-refractivity contribution in [3.05, 3.63) is 30.1 Å². The van der Waals surface area contributed by atoms with E-state index in [0.29, 0.717) is 6.04 Å². The summed E-state index contributed by atoms with van der Waals surface area (Å²) in [5.41, 5.74) is 2.09. The van der Waals surface area contributed by atoms with Crippen LogP contribution in [0, 0.1) is 0 Å². The van der Waals surface area contributed by atoms with Gasteiger partial charge in [0.25, 0.3) is 0 Å². The van der Waals surface area contributed by atoms with Crippen LogP contribution in [0.15, 0.2) is 24.3 Å². The molecule has 3 rings (SSSR count). The third kappa shape index (κ3) is 2.85. The molecule has 2 heterocycles. The molecular weight excluding hydrogens is 296 g/mol. The van der Waals surface area contributed by atoms with Crippen molar-refractivity contribution in [1.29, 1.82) is 0 Å². The second-order valence-corrected chi connectivity index (χ2v) is 6.95. The summed E-state index contributed by atoms with van der Waals surface area (Å²) in [6.45, 7) is 6.28. The zero-order valence-electron chi connectivity index (χ0n) is 13.2. The van der Waals surface area contributed by atoms with Crippen LogP contribution in [0.5, 0.6) is 0 Å². The molecule has 1 aromatic carbocycles. The highest BCUT2D eigenvalue weighted by atomic mass is 32.2. The van der Waals surface area contributed by atoms with E-state index >= 15 is 0 Å². The summed E-state index contributed by atoms with van der Waals surface area (Å²) >= 11 is 1.75. The van der Waals surface area contributed by atoms with E-state index in [1.807, 2.05) is 25.1 Å². The number of fused-ring (bicyclic) bond motifs is 1. The molecule has 0 radical (unpaired) electrons. The number of para-hydroxylation sites is 2. The summed E-state index contributed by atoms with van der Waals surface area (Å²) in [6, 6.07) is 8.19. The Morgan fingerprint density at radius 2 is 2.18 bits per heavy atom. The average molecular weight is 318 g/mol. The number of rotatable bonds is 4. The molecule has 0 spiro atoms. The van der Waals surface area contributed by atoms with Crippen molar-refractivity contribution in [2.24, 2.45) is 0 Å². The van der Waals surface area contributed by atoms with Crippen molar-refractivity contribution < 1.29 is 4.79 Å². The second-order valence-electron chi connectivity index (χ2n) is 5.92. The molecule has 22 heavy (non-hydrogen) atoms. The maximum Gasteiger partial charge on any atom is 0.238 e. The molecule has 5 nitrogen and oxygen atoms in total. The predicted octanol–water partition coefficient (Wildman–Crippen LogP) is 2.46. The van der Waals surface area contributed by atoms with Gasteiger partial charge in [-0.3, -0.25) is 10.1 Å². The molecule has 1 aliphatic heterocycles. The van der Waals surface area contributed by atoms with Gasteiger partial charge < -0.3 is 9.88 Å². The monoisotopic (exact) mass is 318 g/mol. The summed E-state index contributed by atoms with van der Waals surface area (Å²) in [5.74, 6) is 2.64. The molecule has 0 saturated carbocycles. The highest BCUT2D eigenvalue weighted by Crippen LogP contribution is 2.25. The quantitative estimate of drug-likeness (QED) is 0.909. The number of carbonyl (C=O) groups is 1. The summed E-state index contributed by atoms with van der Waals surface area (Å²) in [7, 11) is 0. The van der Waals surface area contributed by atoms with E-state index in [2.05, 4.69) is 35.1 Å². The maximum atomic E-state index is 12.3. The smallest absolute Gasteiger partial charge is 0.238 e. The van der Waals surface area contributed by atoms with Crippen LogP contribution in [-0.2, 0) is 4.79 Å². The summed E-state index contributed by atoms with van der Waals surface area (Å²) in [6.07, 6.45) is 0. The largest absolute Gasteiger partial charge is 0.345 e. The molecule has 1 aliphatic rings. The molecule has 118 valence electrons. The normalized spacial score (nSPS) is 19.7. The fourth-order valence-electron chi connectivity index (χ4n) is 2.85. The van der Waals surface area contributed by atoms with Crippen molar-refractivity contribution in [3.63, 3.8) is 0 Å². The third-order valence-electron chi connectivity index (χ3n) is 3.92. The molecular formula is C16H22N4OS. The minimum Gasteiger partial charge on any atom is -0.345 e. The number of amides is 1. The Labute approximate surface area is 134 Å². The van der Waals surface area contributed by atoms with Crippen LogP contribution in [0.4, 0.5) is 0 Å². The SMILES string of the molecule is CC(NC(=O)C1CSCN1)c1nc2ccccc2n1C(C)C. The number of imidazole rings is 1. The van der Waals surface area contributed by atoms with E-state index in [9.17, 15) is 4.79 Å². The van der Waals surface area contributed by atoms with Crippen LogP contribution < -0.4 is 10.6 Å².